The number of likely N-dealkylation sites (tertiary alicyclic amines) is 1. The molecule has 0 bridgehead atoms. The normalized spacial score (nSPS) is 28.1. The summed E-state index contributed by atoms with van der Waals surface area (Å²) in [4.78, 5) is 15.9. The van der Waals surface area contributed by atoms with Gasteiger partial charge in [-0.15, -0.1) is 11.3 Å². The average Bonchev–Trinajstić information content (AvgIpc) is 3.10. The van der Waals surface area contributed by atoms with Crippen LogP contribution in [-0.2, 0) is 0 Å². The molecule has 1 aromatic heterocycles. The molecule has 3 heterocycles. The molecule has 0 spiro atoms. The third-order valence-corrected chi connectivity index (χ3v) is 6.68. The summed E-state index contributed by atoms with van der Waals surface area (Å²) in [5.41, 5.74) is 0. The molecule has 1 amide bonds. The van der Waals surface area contributed by atoms with Crippen molar-refractivity contribution in [2.24, 2.45) is 11.8 Å². The lowest BCUT2D eigenvalue weighted by atomic mass is 9.86. The fourth-order valence-corrected chi connectivity index (χ4v) is 5.27. The van der Waals surface area contributed by atoms with Crippen LogP contribution in [0.25, 0.3) is 10.1 Å². The van der Waals surface area contributed by atoms with E-state index in [1.807, 2.05) is 24.3 Å². The first kappa shape index (κ1) is 14.5. The van der Waals surface area contributed by atoms with E-state index in [1.54, 1.807) is 0 Å². The number of nitrogens with zero attached hydrogens (tertiary/aromatic N) is 1. The van der Waals surface area contributed by atoms with Crippen LogP contribution in [0.3, 0.4) is 0 Å². The lowest BCUT2D eigenvalue weighted by molar-refractivity contribution is 0.0707. The van der Waals surface area contributed by atoms with Crippen molar-refractivity contribution in [3.05, 3.63) is 34.2 Å². The van der Waals surface area contributed by atoms with Crippen molar-refractivity contribution in [3.8, 4) is 0 Å². The summed E-state index contributed by atoms with van der Waals surface area (Å²) >= 11 is 7.76. The lowest BCUT2D eigenvalue weighted by Crippen LogP contribution is -2.48. The number of hydrogen-bond acceptors (Lipinski definition) is 3. The number of nitrogens with one attached hydrogen (secondary N) is 1. The summed E-state index contributed by atoms with van der Waals surface area (Å²) in [6, 6.07) is 8.17. The molecule has 22 heavy (non-hydrogen) atoms. The topological polar surface area (TPSA) is 32.3 Å². The molecule has 0 radical (unpaired) electrons. The molecular weight excluding hydrogens is 316 g/mol. The van der Waals surface area contributed by atoms with Crippen LogP contribution >= 0.6 is 22.9 Å². The number of benzene rings is 1. The Morgan fingerprint density at radius 1 is 1.45 bits per heavy atom. The number of piperidine rings is 1. The first-order valence-electron chi connectivity index (χ1n) is 7.85. The molecule has 2 aliphatic rings. The standard InChI is InChI=1S/C17H19ClN2OS/c1-10-9-20(14-8-19-6-5-12(10)14)17(21)15-7-11-3-2-4-13(18)16(11)22-15/h2-4,7,10,12,14,19H,5-6,8-9H2,1H3/t10-,12?,14?/m1/s1. The molecule has 4 rings (SSSR count). The van der Waals surface area contributed by atoms with E-state index in [9.17, 15) is 4.79 Å². The second kappa shape index (κ2) is 5.52. The van der Waals surface area contributed by atoms with E-state index in [4.69, 9.17) is 11.6 Å². The van der Waals surface area contributed by atoms with Gasteiger partial charge in [-0.2, -0.15) is 0 Å². The molecule has 3 atom stereocenters. The van der Waals surface area contributed by atoms with Crippen molar-refractivity contribution < 1.29 is 4.79 Å². The molecule has 2 aromatic rings. The van der Waals surface area contributed by atoms with Crippen LogP contribution in [-0.4, -0.2) is 36.5 Å². The van der Waals surface area contributed by atoms with Gasteiger partial charge in [0.15, 0.2) is 0 Å². The largest absolute Gasteiger partial charge is 0.333 e. The maximum absolute atomic E-state index is 13.0. The van der Waals surface area contributed by atoms with Crippen LogP contribution in [0.15, 0.2) is 24.3 Å². The summed E-state index contributed by atoms with van der Waals surface area (Å²) in [5, 5.41) is 5.23. The van der Waals surface area contributed by atoms with Gasteiger partial charge in [-0.05, 0) is 42.3 Å². The van der Waals surface area contributed by atoms with Crippen molar-refractivity contribution in [2.75, 3.05) is 19.6 Å². The van der Waals surface area contributed by atoms with E-state index in [0.29, 0.717) is 17.9 Å². The molecular formula is C17H19ClN2OS. The molecule has 5 heteroatoms. The Labute approximate surface area is 139 Å². The number of amides is 1. The quantitative estimate of drug-likeness (QED) is 0.863. The van der Waals surface area contributed by atoms with E-state index in [2.05, 4.69) is 17.1 Å². The predicted molar refractivity (Wildman–Crippen MR) is 91.8 cm³/mol. The number of halogens is 1. The highest BCUT2D eigenvalue weighted by Gasteiger charge is 2.43. The van der Waals surface area contributed by atoms with E-state index in [1.165, 1.54) is 17.8 Å². The van der Waals surface area contributed by atoms with Gasteiger partial charge in [-0.3, -0.25) is 4.79 Å². The molecule has 2 aliphatic heterocycles. The van der Waals surface area contributed by atoms with Crippen molar-refractivity contribution in [1.82, 2.24) is 10.2 Å². The van der Waals surface area contributed by atoms with Gasteiger partial charge in [0.1, 0.15) is 0 Å². The van der Waals surface area contributed by atoms with Crippen molar-refractivity contribution in [1.29, 1.82) is 0 Å². The molecule has 2 saturated heterocycles. The van der Waals surface area contributed by atoms with Crippen LogP contribution in [0.4, 0.5) is 0 Å². The Balaban J connectivity index is 1.66. The number of carbonyl (C=O) groups excluding carboxylic acids is 1. The van der Waals surface area contributed by atoms with Crippen LogP contribution in [0.5, 0.6) is 0 Å². The SMILES string of the molecule is C[C@@H]1CN(C(=O)c2cc3cccc(Cl)c3s2)C2CNCCC21. The van der Waals surface area contributed by atoms with Crippen LogP contribution < -0.4 is 5.32 Å². The van der Waals surface area contributed by atoms with E-state index < -0.39 is 0 Å². The van der Waals surface area contributed by atoms with E-state index in [-0.39, 0.29) is 5.91 Å². The highest BCUT2D eigenvalue weighted by Crippen LogP contribution is 2.37. The smallest absolute Gasteiger partial charge is 0.264 e. The minimum Gasteiger partial charge on any atom is -0.333 e. The van der Waals surface area contributed by atoms with Crippen molar-refractivity contribution >= 4 is 38.9 Å². The Hall–Kier alpha value is -1.10. The van der Waals surface area contributed by atoms with Gasteiger partial charge in [0.2, 0.25) is 0 Å². The third-order valence-electron chi connectivity index (χ3n) is 5.09. The zero-order valence-electron chi connectivity index (χ0n) is 12.5. The third kappa shape index (κ3) is 2.25. The monoisotopic (exact) mass is 334 g/mol. The molecule has 1 N–H and O–H groups in total. The minimum absolute atomic E-state index is 0.167. The highest BCUT2D eigenvalue weighted by molar-refractivity contribution is 7.21. The number of rotatable bonds is 1. The minimum atomic E-state index is 0.167. The van der Waals surface area contributed by atoms with Crippen molar-refractivity contribution in [2.45, 2.75) is 19.4 Å². The Morgan fingerprint density at radius 2 is 2.32 bits per heavy atom. The van der Waals surface area contributed by atoms with Gasteiger partial charge in [-0.1, -0.05) is 30.7 Å². The molecule has 116 valence electrons. The van der Waals surface area contributed by atoms with Crippen LogP contribution in [0.1, 0.15) is 23.0 Å². The Morgan fingerprint density at radius 3 is 3.14 bits per heavy atom. The zero-order chi connectivity index (χ0) is 15.3. The molecule has 2 fully saturated rings. The Kier molecular flexibility index (Phi) is 3.63. The highest BCUT2D eigenvalue weighted by atomic mass is 35.5. The van der Waals surface area contributed by atoms with Crippen LogP contribution in [0.2, 0.25) is 5.02 Å². The van der Waals surface area contributed by atoms with Gasteiger partial charge in [0.25, 0.3) is 5.91 Å². The second-order valence-electron chi connectivity index (χ2n) is 6.43. The first-order valence-corrected chi connectivity index (χ1v) is 9.04. The van der Waals surface area contributed by atoms with Gasteiger partial charge >= 0.3 is 0 Å². The van der Waals surface area contributed by atoms with Crippen LogP contribution in [0, 0.1) is 11.8 Å². The number of carbonyl (C=O) groups is 1. The average molecular weight is 335 g/mol. The molecule has 0 aliphatic carbocycles. The lowest BCUT2D eigenvalue weighted by Gasteiger charge is -2.32. The van der Waals surface area contributed by atoms with Gasteiger partial charge < -0.3 is 10.2 Å². The summed E-state index contributed by atoms with van der Waals surface area (Å²) in [5.74, 6) is 1.40. The summed E-state index contributed by atoms with van der Waals surface area (Å²) < 4.78 is 1.01. The van der Waals surface area contributed by atoms with Gasteiger partial charge in [0, 0.05) is 19.1 Å². The van der Waals surface area contributed by atoms with Crippen molar-refractivity contribution in [3.63, 3.8) is 0 Å². The summed E-state index contributed by atoms with van der Waals surface area (Å²) in [6.07, 6.45) is 1.17. The Bertz CT molecular complexity index is 729. The zero-order valence-corrected chi connectivity index (χ0v) is 14.1. The molecule has 2 unspecified atom stereocenters. The van der Waals surface area contributed by atoms with E-state index in [0.717, 1.165) is 39.6 Å². The summed E-state index contributed by atoms with van der Waals surface area (Å²) in [7, 11) is 0. The number of hydrogen-bond donors (Lipinski definition) is 1. The first-order chi connectivity index (χ1) is 10.6. The molecule has 3 nitrogen and oxygen atoms in total. The van der Waals surface area contributed by atoms with E-state index >= 15 is 0 Å². The molecule has 0 saturated carbocycles. The van der Waals surface area contributed by atoms with Gasteiger partial charge in [0.05, 0.1) is 14.6 Å². The molecule has 1 aromatic carbocycles. The second-order valence-corrected chi connectivity index (χ2v) is 7.89. The number of fused-ring (bicyclic) bond motifs is 2. The number of thiophene rings is 1. The summed E-state index contributed by atoms with van der Waals surface area (Å²) in [6.45, 7) is 5.15. The fraction of sp³-hybridized carbons (Fsp3) is 0.471. The maximum atomic E-state index is 13.0. The predicted octanol–water partition coefficient (Wildman–Crippen LogP) is 3.62. The van der Waals surface area contributed by atoms with Gasteiger partial charge in [-0.25, -0.2) is 0 Å². The fourth-order valence-electron chi connectivity index (χ4n) is 3.96. The maximum Gasteiger partial charge on any atom is 0.264 e.